The highest BCUT2D eigenvalue weighted by molar-refractivity contribution is 5.78. The molecule has 1 aromatic carbocycles. The van der Waals surface area contributed by atoms with Crippen LogP contribution in [0.3, 0.4) is 0 Å². The lowest BCUT2D eigenvalue weighted by atomic mass is 10.2. The molecule has 4 heteroatoms. The summed E-state index contributed by atoms with van der Waals surface area (Å²) in [5, 5.41) is 3.16. The Kier molecular flexibility index (Phi) is 4.67. The lowest BCUT2D eigenvalue weighted by Gasteiger charge is -2.23. The van der Waals surface area contributed by atoms with Gasteiger partial charge in [-0.3, -0.25) is 9.69 Å². The molecule has 0 bridgehead atoms. The van der Waals surface area contributed by atoms with Gasteiger partial charge in [0.1, 0.15) is 5.75 Å². The van der Waals surface area contributed by atoms with E-state index in [0.717, 1.165) is 12.3 Å². The van der Waals surface area contributed by atoms with Gasteiger partial charge in [0, 0.05) is 18.6 Å². The lowest BCUT2D eigenvalue weighted by Crippen LogP contribution is -2.42. The highest BCUT2D eigenvalue weighted by Crippen LogP contribution is 2.32. The first-order chi connectivity index (χ1) is 10.7. The number of hydrogen-bond acceptors (Lipinski definition) is 3. The van der Waals surface area contributed by atoms with Crippen LogP contribution >= 0.6 is 0 Å². The van der Waals surface area contributed by atoms with Crippen LogP contribution in [-0.2, 0) is 11.3 Å². The first-order valence-electron chi connectivity index (χ1n) is 8.32. The molecule has 0 aliphatic heterocycles. The molecule has 2 saturated carbocycles. The molecule has 3 rings (SSSR count). The summed E-state index contributed by atoms with van der Waals surface area (Å²) >= 11 is 0. The van der Waals surface area contributed by atoms with Crippen molar-refractivity contribution in [2.45, 2.75) is 51.2 Å². The van der Waals surface area contributed by atoms with Crippen molar-refractivity contribution < 1.29 is 9.53 Å². The number of rotatable bonds is 8. The summed E-state index contributed by atoms with van der Waals surface area (Å²) in [6.07, 6.45) is 4.95. The number of carbonyl (C=O) groups excluding carboxylic acids is 1. The second-order valence-electron chi connectivity index (χ2n) is 6.68. The maximum Gasteiger partial charge on any atom is 0.234 e. The molecule has 22 heavy (non-hydrogen) atoms. The molecule has 2 aliphatic rings. The van der Waals surface area contributed by atoms with Gasteiger partial charge in [0.2, 0.25) is 5.91 Å². The molecule has 0 radical (unpaired) electrons. The van der Waals surface area contributed by atoms with Crippen molar-refractivity contribution in [3.8, 4) is 5.75 Å². The summed E-state index contributed by atoms with van der Waals surface area (Å²) in [7, 11) is 1.68. The van der Waals surface area contributed by atoms with E-state index in [-0.39, 0.29) is 5.91 Å². The number of nitrogens with zero attached hydrogens (tertiary/aromatic N) is 1. The van der Waals surface area contributed by atoms with Gasteiger partial charge >= 0.3 is 0 Å². The molecular formula is C18H26N2O2. The predicted octanol–water partition coefficient (Wildman–Crippen LogP) is 2.57. The van der Waals surface area contributed by atoms with Gasteiger partial charge < -0.3 is 10.1 Å². The van der Waals surface area contributed by atoms with E-state index >= 15 is 0 Å². The zero-order valence-corrected chi connectivity index (χ0v) is 13.5. The highest BCUT2D eigenvalue weighted by Gasteiger charge is 2.32. The van der Waals surface area contributed by atoms with Crippen molar-refractivity contribution in [3.63, 3.8) is 0 Å². The zero-order chi connectivity index (χ0) is 15.5. The number of benzene rings is 1. The molecule has 1 atom stereocenters. The molecule has 2 fully saturated rings. The summed E-state index contributed by atoms with van der Waals surface area (Å²) in [6, 6.07) is 9.03. The van der Waals surface area contributed by atoms with Crippen LogP contribution in [0, 0.1) is 5.92 Å². The summed E-state index contributed by atoms with van der Waals surface area (Å²) in [4.78, 5) is 14.5. The Balaban J connectivity index is 1.54. The van der Waals surface area contributed by atoms with E-state index < -0.39 is 0 Å². The van der Waals surface area contributed by atoms with Crippen LogP contribution in [0.25, 0.3) is 0 Å². The molecule has 0 saturated heterocycles. The van der Waals surface area contributed by atoms with Crippen molar-refractivity contribution >= 4 is 5.91 Å². The molecule has 0 unspecified atom stereocenters. The Morgan fingerprint density at radius 1 is 1.27 bits per heavy atom. The Bertz CT molecular complexity index is 506. The average Bonchev–Trinajstić information content (AvgIpc) is 3.40. The minimum atomic E-state index is 0.166. The maximum absolute atomic E-state index is 12.2. The smallest absolute Gasteiger partial charge is 0.234 e. The van der Waals surface area contributed by atoms with Gasteiger partial charge in [0.05, 0.1) is 13.7 Å². The van der Waals surface area contributed by atoms with E-state index in [2.05, 4.69) is 29.3 Å². The van der Waals surface area contributed by atoms with Crippen molar-refractivity contribution in [1.29, 1.82) is 0 Å². The summed E-state index contributed by atoms with van der Waals surface area (Å²) in [5.41, 5.74) is 1.23. The number of hydrogen-bond donors (Lipinski definition) is 1. The third-order valence-electron chi connectivity index (χ3n) is 4.67. The minimum absolute atomic E-state index is 0.166. The lowest BCUT2D eigenvalue weighted by molar-refractivity contribution is -0.123. The Hall–Kier alpha value is -1.55. The molecule has 0 aromatic heterocycles. The SMILES string of the molecule is COc1ccc(CN(CC(=O)N[C@H](C)C2CC2)C2CC2)cc1. The fourth-order valence-corrected chi connectivity index (χ4v) is 2.92. The number of carbonyl (C=O) groups is 1. The second kappa shape index (κ2) is 6.69. The molecule has 0 heterocycles. The van der Waals surface area contributed by atoms with Gasteiger partial charge in [-0.15, -0.1) is 0 Å². The van der Waals surface area contributed by atoms with Crippen LogP contribution in [0.2, 0.25) is 0 Å². The van der Waals surface area contributed by atoms with Crippen LogP contribution in [0.4, 0.5) is 0 Å². The summed E-state index contributed by atoms with van der Waals surface area (Å²) in [5.74, 6) is 1.75. The third kappa shape index (κ3) is 4.23. The minimum Gasteiger partial charge on any atom is -0.497 e. The highest BCUT2D eigenvalue weighted by atomic mass is 16.5. The van der Waals surface area contributed by atoms with Gasteiger partial charge in [0.15, 0.2) is 0 Å². The Morgan fingerprint density at radius 2 is 1.95 bits per heavy atom. The van der Waals surface area contributed by atoms with Gasteiger partial charge in [0.25, 0.3) is 0 Å². The Morgan fingerprint density at radius 3 is 2.50 bits per heavy atom. The predicted molar refractivity (Wildman–Crippen MR) is 86.8 cm³/mol. The Labute approximate surface area is 132 Å². The van der Waals surface area contributed by atoms with E-state index in [1.54, 1.807) is 7.11 Å². The fraction of sp³-hybridized carbons (Fsp3) is 0.611. The van der Waals surface area contributed by atoms with Crippen LogP contribution < -0.4 is 10.1 Å². The van der Waals surface area contributed by atoms with Crippen molar-refractivity contribution in [2.24, 2.45) is 5.92 Å². The first kappa shape index (κ1) is 15.3. The van der Waals surface area contributed by atoms with Gasteiger partial charge in [-0.25, -0.2) is 0 Å². The average molecular weight is 302 g/mol. The fourth-order valence-electron chi connectivity index (χ4n) is 2.92. The van der Waals surface area contributed by atoms with Gasteiger partial charge in [-0.1, -0.05) is 12.1 Å². The van der Waals surface area contributed by atoms with Crippen LogP contribution in [0.15, 0.2) is 24.3 Å². The zero-order valence-electron chi connectivity index (χ0n) is 13.5. The topological polar surface area (TPSA) is 41.6 Å². The number of amides is 1. The summed E-state index contributed by atoms with van der Waals surface area (Å²) in [6.45, 7) is 3.47. The monoisotopic (exact) mass is 302 g/mol. The van der Waals surface area contributed by atoms with E-state index in [0.29, 0.717) is 24.5 Å². The van der Waals surface area contributed by atoms with Crippen molar-refractivity contribution in [2.75, 3.05) is 13.7 Å². The normalized spacial score (nSPS) is 19.0. The number of nitrogens with one attached hydrogen (secondary N) is 1. The van der Waals surface area contributed by atoms with E-state index in [4.69, 9.17) is 4.74 Å². The van der Waals surface area contributed by atoms with Gasteiger partial charge in [-0.05, 0) is 56.2 Å². The molecule has 2 aliphatic carbocycles. The molecule has 120 valence electrons. The van der Waals surface area contributed by atoms with Crippen molar-refractivity contribution in [1.82, 2.24) is 10.2 Å². The molecule has 1 aromatic rings. The second-order valence-corrected chi connectivity index (χ2v) is 6.68. The van der Waals surface area contributed by atoms with Crippen LogP contribution in [0.5, 0.6) is 5.75 Å². The van der Waals surface area contributed by atoms with E-state index in [1.165, 1.54) is 31.2 Å². The summed E-state index contributed by atoms with van der Waals surface area (Å²) < 4.78 is 5.19. The molecule has 0 spiro atoms. The number of ether oxygens (including phenoxy) is 1. The first-order valence-corrected chi connectivity index (χ1v) is 8.32. The quantitative estimate of drug-likeness (QED) is 0.802. The van der Waals surface area contributed by atoms with Gasteiger partial charge in [-0.2, -0.15) is 0 Å². The standard InChI is InChI=1S/C18H26N2O2/c1-13(15-5-6-15)19-18(21)12-20(16-7-8-16)11-14-3-9-17(22-2)10-4-14/h3-4,9-10,13,15-16H,5-8,11-12H2,1-2H3,(H,19,21)/t13-/m1/s1. The molecular weight excluding hydrogens is 276 g/mol. The number of methoxy groups -OCH3 is 1. The molecule has 4 nitrogen and oxygen atoms in total. The maximum atomic E-state index is 12.2. The van der Waals surface area contributed by atoms with Crippen LogP contribution in [-0.4, -0.2) is 36.5 Å². The van der Waals surface area contributed by atoms with Crippen LogP contribution in [0.1, 0.15) is 38.2 Å². The largest absolute Gasteiger partial charge is 0.497 e. The van der Waals surface area contributed by atoms with E-state index in [9.17, 15) is 4.79 Å². The molecule has 1 N–H and O–H groups in total. The van der Waals surface area contributed by atoms with E-state index in [1.807, 2.05) is 12.1 Å². The third-order valence-corrected chi connectivity index (χ3v) is 4.67. The van der Waals surface area contributed by atoms with Crippen molar-refractivity contribution in [3.05, 3.63) is 29.8 Å². The molecule has 1 amide bonds.